The number of hydrogen-bond acceptors (Lipinski definition) is 7. The van der Waals surface area contributed by atoms with Crippen molar-refractivity contribution in [2.75, 3.05) is 51.2 Å². The largest absolute Gasteiger partial charge is 0.496 e. The Morgan fingerprint density at radius 2 is 1.51 bits per heavy atom. The average Bonchev–Trinajstić information content (AvgIpc) is 2.89. The topological polar surface area (TPSA) is 122 Å². The molecule has 2 aliphatic rings. The van der Waals surface area contributed by atoms with E-state index in [9.17, 15) is 21.6 Å². The van der Waals surface area contributed by atoms with Crippen LogP contribution >= 0.6 is 0 Å². The second-order valence-electron chi connectivity index (χ2n) is 8.36. The molecule has 0 aliphatic carbocycles. The van der Waals surface area contributed by atoms with Gasteiger partial charge in [0.1, 0.15) is 5.75 Å². The van der Waals surface area contributed by atoms with E-state index in [1.165, 1.54) is 53.9 Å². The molecule has 0 saturated carbocycles. The van der Waals surface area contributed by atoms with E-state index >= 15 is 0 Å². The van der Waals surface area contributed by atoms with Crippen molar-refractivity contribution in [2.24, 2.45) is 0 Å². The fourth-order valence-corrected chi connectivity index (χ4v) is 6.63. The molecule has 4 rings (SSSR count). The minimum absolute atomic E-state index is 0.0706. The second kappa shape index (κ2) is 10.5. The predicted octanol–water partition coefficient (Wildman–Crippen LogP) is 2.14. The van der Waals surface area contributed by atoms with Crippen LogP contribution < -0.4 is 9.46 Å². The Hall–Kier alpha value is -2.67. The van der Waals surface area contributed by atoms with Crippen molar-refractivity contribution in [3.05, 3.63) is 48.0 Å². The number of carbonyl (C=O) groups excluding carboxylic acids is 1. The van der Waals surface area contributed by atoms with Gasteiger partial charge in [0.2, 0.25) is 10.0 Å². The molecule has 1 amide bonds. The van der Waals surface area contributed by atoms with Gasteiger partial charge in [-0.3, -0.25) is 9.52 Å². The molecule has 12 heteroatoms. The number of morpholine rings is 1. The summed E-state index contributed by atoms with van der Waals surface area (Å²) in [6, 6.07) is 9.66. The van der Waals surface area contributed by atoms with Crippen LogP contribution in [0.1, 0.15) is 29.6 Å². The zero-order valence-corrected chi connectivity index (χ0v) is 21.1. The van der Waals surface area contributed by atoms with Crippen molar-refractivity contribution >= 4 is 31.6 Å². The van der Waals surface area contributed by atoms with Crippen LogP contribution in [0.15, 0.2) is 52.3 Å². The number of hydrogen-bond donors (Lipinski definition) is 1. The number of piperidine rings is 1. The first kappa shape index (κ1) is 25.4. The van der Waals surface area contributed by atoms with E-state index < -0.39 is 20.0 Å². The lowest BCUT2D eigenvalue weighted by atomic mass is 10.1. The number of benzene rings is 2. The number of ether oxygens (including phenoxy) is 2. The molecular formula is C23H29N3O7S2. The minimum Gasteiger partial charge on any atom is -0.496 e. The Balaban J connectivity index is 1.54. The molecule has 0 spiro atoms. The highest BCUT2D eigenvalue weighted by atomic mass is 32.2. The molecule has 0 aromatic heterocycles. The highest BCUT2D eigenvalue weighted by Crippen LogP contribution is 2.27. The summed E-state index contributed by atoms with van der Waals surface area (Å²) in [5.74, 6) is 0.0356. The number of rotatable bonds is 7. The molecule has 0 bridgehead atoms. The van der Waals surface area contributed by atoms with Gasteiger partial charge in [0, 0.05) is 31.9 Å². The van der Waals surface area contributed by atoms with Crippen molar-refractivity contribution in [2.45, 2.75) is 29.1 Å². The third-order valence-electron chi connectivity index (χ3n) is 6.07. The summed E-state index contributed by atoms with van der Waals surface area (Å²) in [5.41, 5.74) is 0.384. The summed E-state index contributed by atoms with van der Waals surface area (Å²) in [5, 5.41) is 0. The molecule has 2 saturated heterocycles. The van der Waals surface area contributed by atoms with Crippen LogP contribution in [0.5, 0.6) is 5.75 Å². The van der Waals surface area contributed by atoms with Crippen LogP contribution in [0.2, 0.25) is 0 Å². The quantitative estimate of drug-likeness (QED) is 0.590. The average molecular weight is 524 g/mol. The zero-order chi connectivity index (χ0) is 25.1. The first-order valence-corrected chi connectivity index (χ1v) is 14.3. The fraction of sp³-hybridized carbons (Fsp3) is 0.435. The smallest absolute Gasteiger partial charge is 0.261 e. The highest BCUT2D eigenvalue weighted by molar-refractivity contribution is 7.92. The monoisotopic (exact) mass is 523 g/mol. The number of amides is 1. The minimum atomic E-state index is -4.05. The molecule has 190 valence electrons. The van der Waals surface area contributed by atoms with Gasteiger partial charge in [0.05, 0.1) is 35.7 Å². The van der Waals surface area contributed by atoms with Crippen molar-refractivity contribution < 1.29 is 31.1 Å². The van der Waals surface area contributed by atoms with Crippen molar-refractivity contribution in [3.8, 4) is 5.75 Å². The highest BCUT2D eigenvalue weighted by Gasteiger charge is 2.27. The molecule has 2 fully saturated rings. The number of sulfonamides is 2. The van der Waals surface area contributed by atoms with E-state index in [-0.39, 0.29) is 40.0 Å². The lowest BCUT2D eigenvalue weighted by molar-refractivity contribution is 0.0720. The zero-order valence-electron chi connectivity index (χ0n) is 19.5. The van der Waals surface area contributed by atoms with E-state index in [4.69, 9.17) is 9.47 Å². The Morgan fingerprint density at radius 1 is 0.886 bits per heavy atom. The molecule has 35 heavy (non-hydrogen) atoms. The molecule has 0 atom stereocenters. The van der Waals surface area contributed by atoms with E-state index in [2.05, 4.69) is 4.72 Å². The fourth-order valence-electron chi connectivity index (χ4n) is 4.13. The third-order valence-corrected chi connectivity index (χ3v) is 9.36. The van der Waals surface area contributed by atoms with Gasteiger partial charge < -0.3 is 14.4 Å². The molecule has 0 radical (unpaired) electrons. The lowest BCUT2D eigenvalue weighted by Crippen LogP contribution is -2.40. The van der Waals surface area contributed by atoms with Gasteiger partial charge in [-0.15, -0.1) is 0 Å². The molecule has 2 aliphatic heterocycles. The first-order chi connectivity index (χ1) is 16.7. The van der Waals surface area contributed by atoms with Gasteiger partial charge >= 0.3 is 0 Å². The molecule has 2 aromatic carbocycles. The maximum atomic E-state index is 13.1. The van der Waals surface area contributed by atoms with Gasteiger partial charge in [0.15, 0.2) is 0 Å². The van der Waals surface area contributed by atoms with Crippen LogP contribution in [0.3, 0.4) is 0 Å². The number of carbonyl (C=O) groups is 1. The Bertz CT molecular complexity index is 1270. The number of anilines is 1. The van der Waals surface area contributed by atoms with Gasteiger partial charge in [-0.2, -0.15) is 4.31 Å². The van der Waals surface area contributed by atoms with Crippen LogP contribution in [-0.4, -0.2) is 78.5 Å². The number of methoxy groups -OCH3 is 1. The molecule has 0 unspecified atom stereocenters. The Morgan fingerprint density at radius 3 is 2.14 bits per heavy atom. The maximum Gasteiger partial charge on any atom is 0.261 e. The van der Waals surface area contributed by atoms with Gasteiger partial charge in [-0.05, 0) is 61.7 Å². The standard InChI is InChI=1S/C23H29N3O7S2/c1-32-22-10-9-20(17-21(22)23(27)25-11-3-2-4-12-25)34(28,29)24-18-5-7-19(8-6-18)35(30,31)26-13-15-33-16-14-26/h5-10,17,24H,2-4,11-16H2,1H3. The summed E-state index contributed by atoms with van der Waals surface area (Å²) in [7, 11) is -6.30. The molecule has 1 N–H and O–H groups in total. The van der Waals surface area contributed by atoms with Crippen molar-refractivity contribution in [3.63, 3.8) is 0 Å². The van der Waals surface area contributed by atoms with Crippen molar-refractivity contribution in [1.29, 1.82) is 0 Å². The summed E-state index contributed by atoms with van der Waals surface area (Å²) in [6.07, 6.45) is 2.88. The molecule has 2 heterocycles. The van der Waals surface area contributed by atoms with Crippen LogP contribution in [0, 0.1) is 0 Å². The number of likely N-dealkylation sites (tertiary alicyclic amines) is 1. The molecular weight excluding hydrogens is 494 g/mol. The van der Waals surface area contributed by atoms with E-state index in [0.717, 1.165) is 19.3 Å². The first-order valence-electron chi connectivity index (χ1n) is 11.4. The number of nitrogens with one attached hydrogen (secondary N) is 1. The summed E-state index contributed by atoms with van der Waals surface area (Å²) in [6.45, 7) is 2.45. The predicted molar refractivity (Wildman–Crippen MR) is 130 cm³/mol. The molecule has 10 nitrogen and oxygen atoms in total. The van der Waals surface area contributed by atoms with Crippen molar-refractivity contribution in [1.82, 2.24) is 9.21 Å². The second-order valence-corrected chi connectivity index (χ2v) is 12.0. The van der Waals surface area contributed by atoms with Crippen LogP contribution in [0.4, 0.5) is 5.69 Å². The Kier molecular flexibility index (Phi) is 7.64. The lowest BCUT2D eigenvalue weighted by Gasteiger charge is -2.27. The van der Waals surface area contributed by atoms with Gasteiger partial charge in [-0.25, -0.2) is 16.8 Å². The Labute approximate surface area is 205 Å². The van der Waals surface area contributed by atoms with E-state index in [1.54, 1.807) is 4.90 Å². The SMILES string of the molecule is COc1ccc(S(=O)(=O)Nc2ccc(S(=O)(=O)N3CCOCC3)cc2)cc1C(=O)N1CCCCC1. The van der Waals surface area contributed by atoms with Crippen LogP contribution in [0.25, 0.3) is 0 Å². The van der Waals surface area contributed by atoms with Gasteiger partial charge in [-0.1, -0.05) is 0 Å². The van der Waals surface area contributed by atoms with E-state index in [0.29, 0.717) is 32.1 Å². The molecule has 2 aromatic rings. The van der Waals surface area contributed by atoms with Crippen LogP contribution in [-0.2, 0) is 24.8 Å². The maximum absolute atomic E-state index is 13.1. The normalized spacial score (nSPS) is 17.7. The summed E-state index contributed by atoms with van der Waals surface area (Å²) in [4.78, 5) is 14.7. The summed E-state index contributed by atoms with van der Waals surface area (Å²) >= 11 is 0. The third kappa shape index (κ3) is 5.61. The van der Waals surface area contributed by atoms with Gasteiger partial charge in [0.25, 0.3) is 15.9 Å². The summed E-state index contributed by atoms with van der Waals surface area (Å²) < 4.78 is 66.0. The van der Waals surface area contributed by atoms with E-state index in [1.807, 2.05) is 0 Å². The number of nitrogens with zero attached hydrogens (tertiary/aromatic N) is 2.